The number of likely N-dealkylation sites (tertiary alicyclic amines) is 1. The number of rotatable bonds is 7. The van der Waals surface area contributed by atoms with Crippen molar-refractivity contribution in [2.24, 2.45) is 17.3 Å². The van der Waals surface area contributed by atoms with Gasteiger partial charge in [-0.15, -0.1) is 0 Å². The maximum atomic E-state index is 13.4. The molecule has 2 unspecified atom stereocenters. The van der Waals surface area contributed by atoms with Gasteiger partial charge in [-0.25, -0.2) is 0 Å². The van der Waals surface area contributed by atoms with Crippen LogP contribution < -0.4 is 5.32 Å². The molecule has 3 rings (SSSR count). The summed E-state index contributed by atoms with van der Waals surface area (Å²) < 4.78 is 84.3. The van der Waals surface area contributed by atoms with Crippen LogP contribution in [0.1, 0.15) is 69.6 Å². The molecule has 5 nitrogen and oxygen atoms in total. The summed E-state index contributed by atoms with van der Waals surface area (Å²) in [4.78, 5) is 27.7. The van der Waals surface area contributed by atoms with Crippen molar-refractivity contribution >= 4 is 11.9 Å². The van der Waals surface area contributed by atoms with Crippen molar-refractivity contribution in [2.45, 2.75) is 77.8 Å². The first-order valence-electron chi connectivity index (χ1n) is 12.6. The fourth-order valence-electron chi connectivity index (χ4n) is 5.59. The van der Waals surface area contributed by atoms with Gasteiger partial charge in [0, 0.05) is 12.6 Å². The lowest BCUT2D eigenvalue weighted by atomic mass is 9.74. The number of piperidine rings is 1. The highest BCUT2D eigenvalue weighted by Crippen LogP contribution is 2.47. The maximum absolute atomic E-state index is 13.4. The Bertz CT molecular complexity index is 938. The average molecular weight is 537 g/mol. The van der Waals surface area contributed by atoms with Crippen molar-refractivity contribution in [3.63, 3.8) is 0 Å². The van der Waals surface area contributed by atoms with Gasteiger partial charge in [0.25, 0.3) is 0 Å². The molecule has 2 atom stereocenters. The van der Waals surface area contributed by atoms with E-state index in [4.69, 9.17) is 4.74 Å². The molecule has 0 spiro atoms. The topological polar surface area (TPSA) is 58.6 Å². The van der Waals surface area contributed by atoms with E-state index in [0.29, 0.717) is 57.5 Å². The molecule has 0 radical (unpaired) electrons. The lowest BCUT2D eigenvalue weighted by molar-refractivity contribution is -0.150. The van der Waals surface area contributed by atoms with Gasteiger partial charge in [0.15, 0.2) is 0 Å². The number of carbonyl (C=O) groups is 2. The maximum Gasteiger partial charge on any atom is 0.416 e. The Labute approximate surface area is 212 Å². The van der Waals surface area contributed by atoms with E-state index in [2.05, 4.69) is 10.2 Å². The zero-order valence-electron chi connectivity index (χ0n) is 21.3. The van der Waals surface area contributed by atoms with Gasteiger partial charge in [-0.3, -0.25) is 9.59 Å². The monoisotopic (exact) mass is 536 g/mol. The third kappa shape index (κ3) is 6.78. The van der Waals surface area contributed by atoms with Gasteiger partial charge >= 0.3 is 18.3 Å². The second-order valence-corrected chi connectivity index (χ2v) is 10.4. The van der Waals surface area contributed by atoms with Crippen LogP contribution in [0.2, 0.25) is 0 Å². The number of hydrogen-bond donors (Lipinski definition) is 1. The van der Waals surface area contributed by atoms with Crippen LogP contribution in [-0.2, 0) is 33.2 Å². The molecule has 1 aromatic carbocycles. The van der Waals surface area contributed by atoms with Gasteiger partial charge in [0.1, 0.15) is 0 Å². The number of amides is 1. The minimum Gasteiger partial charge on any atom is -0.466 e. The summed E-state index contributed by atoms with van der Waals surface area (Å²) in [5.74, 6) is -0.767. The standard InChI is InChI=1S/C26H34F6N2O3/c1-4-37-22(35)18-6-9-34(10-7-18)21-5-8-24(14-21,16(2)3)23(36)33-15-17-11-19(25(27,28)29)13-20(12-17)26(30,31)32/h11-13,16,18,21H,4-10,14-15H2,1-3H3,(H,33,36). The van der Waals surface area contributed by atoms with Gasteiger partial charge in [-0.05, 0) is 81.8 Å². The largest absolute Gasteiger partial charge is 0.466 e. The lowest BCUT2D eigenvalue weighted by Gasteiger charge is -2.37. The molecule has 1 N–H and O–H groups in total. The Morgan fingerprint density at radius 3 is 2.08 bits per heavy atom. The van der Waals surface area contributed by atoms with Gasteiger partial charge < -0.3 is 15.0 Å². The van der Waals surface area contributed by atoms with Crippen LogP contribution in [0.5, 0.6) is 0 Å². The number of benzene rings is 1. The van der Waals surface area contributed by atoms with E-state index in [-0.39, 0.29) is 41.4 Å². The van der Waals surface area contributed by atoms with Crippen molar-refractivity contribution < 1.29 is 40.7 Å². The van der Waals surface area contributed by atoms with Gasteiger partial charge in [0.05, 0.1) is 29.1 Å². The third-order valence-electron chi connectivity index (χ3n) is 7.85. The lowest BCUT2D eigenvalue weighted by Crippen LogP contribution is -2.46. The number of ether oxygens (including phenoxy) is 1. The SMILES string of the molecule is CCOC(=O)C1CCN(C2CCC(C(=O)NCc3cc(C(F)(F)F)cc(C(F)(F)F)c3)(C(C)C)C2)CC1. The zero-order chi connectivity index (χ0) is 27.6. The quantitative estimate of drug-likeness (QED) is 0.353. The first kappa shape index (κ1) is 29.3. The highest BCUT2D eigenvalue weighted by atomic mass is 19.4. The van der Waals surface area contributed by atoms with Crippen LogP contribution in [0.3, 0.4) is 0 Å². The zero-order valence-corrected chi connectivity index (χ0v) is 21.3. The van der Waals surface area contributed by atoms with Crippen LogP contribution in [0.15, 0.2) is 18.2 Å². The first-order valence-corrected chi connectivity index (χ1v) is 12.6. The minimum absolute atomic E-state index is 0.0770. The summed E-state index contributed by atoms with van der Waals surface area (Å²) in [5, 5.41) is 2.63. The molecule has 1 aromatic rings. The predicted molar refractivity (Wildman–Crippen MR) is 124 cm³/mol. The summed E-state index contributed by atoms with van der Waals surface area (Å²) in [5.41, 5.74) is -3.85. The number of alkyl halides is 6. The Hall–Kier alpha value is -2.30. The van der Waals surface area contributed by atoms with Crippen LogP contribution in [0.4, 0.5) is 26.3 Å². The molecule has 208 valence electrons. The Balaban J connectivity index is 1.68. The number of nitrogens with one attached hydrogen (secondary N) is 1. The van der Waals surface area contributed by atoms with E-state index in [1.54, 1.807) is 6.92 Å². The van der Waals surface area contributed by atoms with E-state index in [1.807, 2.05) is 13.8 Å². The molecule has 11 heteroatoms. The molecule has 0 aromatic heterocycles. The van der Waals surface area contributed by atoms with E-state index in [1.165, 1.54) is 0 Å². The molecule has 1 amide bonds. The molecular formula is C26H34F6N2O3. The summed E-state index contributed by atoms with van der Waals surface area (Å²) in [6, 6.07) is 1.47. The third-order valence-corrected chi connectivity index (χ3v) is 7.85. The summed E-state index contributed by atoms with van der Waals surface area (Å²) in [7, 11) is 0. The van der Waals surface area contributed by atoms with E-state index < -0.39 is 35.4 Å². The second-order valence-electron chi connectivity index (χ2n) is 10.4. The molecule has 1 aliphatic heterocycles. The van der Waals surface area contributed by atoms with Gasteiger partial charge in [0.2, 0.25) is 5.91 Å². The van der Waals surface area contributed by atoms with Crippen molar-refractivity contribution in [2.75, 3.05) is 19.7 Å². The van der Waals surface area contributed by atoms with E-state index in [0.717, 1.165) is 6.42 Å². The number of nitrogens with zero attached hydrogens (tertiary/aromatic N) is 1. The average Bonchev–Trinajstić information content (AvgIpc) is 3.28. The second kappa shape index (κ2) is 11.2. The van der Waals surface area contributed by atoms with Crippen molar-refractivity contribution in [3.8, 4) is 0 Å². The summed E-state index contributed by atoms with van der Waals surface area (Å²) in [6.07, 6.45) is -6.69. The highest BCUT2D eigenvalue weighted by Gasteiger charge is 2.49. The molecule has 1 saturated heterocycles. The molecule has 37 heavy (non-hydrogen) atoms. The highest BCUT2D eigenvalue weighted by molar-refractivity contribution is 5.83. The summed E-state index contributed by atoms with van der Waals surface area (Å²) >= 11 is 0. The number of esters is 1. The van der Waals surface area contributed by atoms with Gasteiger partial charge in [-0.1, -0.05) is 13.8 Å². The van der Waals surface area contributed by atoms with Crippen LogP contribution >= 0.6 is 0 Å². The molecule has 0 bridgehead atoms. The number of halogens is 6. The molecule has 1 aliphatic carbocycles. The van der Waals surface area contributed by atoms with Crippen LogP contribution in [0.25, 0.3) is 0 Å². The van der Waals surface area contributed by atoms with Crippen molar-refractivity contribution in [1.29, 1.82) is 0 Å². The minimum atomic E-state index is -4.95. The molecule has 1 saturated carbocycles. The van der Waals surface area contributed by atoms with E-state index in [9.17, 15) is 35.9 Å². The fourth-order valence-corrected chi connectivity index (χ4v) is 5.59. The van der Waals surface area contributed by atoms with Crippen LogP contribution in [-0.4, -0.2) is 42.5 Å². The fraction of sp³-hybridized carbons (Fsp3) is 0.692. The van der Waals surface area contributed by atoms with Gasteiger partial charge in [-0.2, -0.15) is 26.3 Å². The van der Waals surface area contributed by atoms with Crippen molar-refractivity contribution in [1.82, 2.24) is 10.2 Å². The molecular weight excluding hydrogens is 502 g/mol. The normalized spacial score (nSPS) is 23.9. The predicted octanol–water partition coefficient (Wildman–Crippen LogP) is 5.81. The Morgan fingerprint density at radius 1 is 1.03 bits per heavy atom. The van der Waals surface area contributed by atoms with Crippen molar-refractivity contribution in [3.05, 3.63) is 34.9 Å². The Morgan fingerprint density at radius 2 is 1.59 bits per heavy atom. The van der Waals surface area contributed by atoms with E-state index >= 15 is 0 Å². The molecule has 1 heterocycles. The number of carbonyl (C=O) groups excluding carboxylic acids is 2. The van der Waals surface area contributed by atoms with Crippen LogP contribution in [0, 0.1) is 17.3 Å². The number of hydrogen-bond acceptors (Lipinski definition) is 4. The smallest absolute Gasteiger partial charge is 0.416 e. The molecule has 2 fully saturated rings. The summed E-state index contributed by atoms with van der Waals surface area (Å²) in [6.45, 7) is 6.89. The Kier molecular flexibility index (Phi) is 8.86. The molecule has 2 aliphatic rings. The first-order chi connectivity index (χ1) is 17.2.